The van der Waals surface area contributed by atoms with E-state index in [-0.39, 0.29) is 5.97 Å². The van der Waals surface area contributed by atoms with Crippen LogP contribution in [0.2, 0.25) is 0 Å². The van der Waals surface area contributed by atoms with Crippen molar-refractivity contribution >= 4 is 5.97 Å². The minimum absolute atomic E-state index is 0.181. The SMILES string of the molecule is C=CCCCCCCCCOC(=O)/C=C/CCCCCCC. The predicted molar refractivity (Wildman–Crippen MR) is 96.0 cm³/mol. The van der Waals surface area contributed by atoms with Gasteiger partial charge in [-0.25, -0.2) is 4.79 Å². The fourth-order valence-electron chi connectivity index (χ4n) is 2.36. The molecule has 0 radical (unpaired) electrons. The molecule has 0 amide bonds. The van der Waals surface area contributed by atoms with E-state index < -0.39 is 0 Å². The average Bonchev–Trinajstić information content (AvgIpc) is 2.52. The summed E-state index contributed by atoms with van der Waals surface area (Å²) in [5, 5.41) is 0. The third kappa shape index (κ3) is 17.0. The van der Waals surface area contributed by atoms with Gasteiger partial charge in [0.2, 0.25) is 0 Å². The number of unbranched alkanes of at least 4 members (excludes halogenated alkanes) is 11. The predicted octanol–water partition coefficient (Wildman–Crippen LogP) is 6.36. The van der Waals surface area contributed by atoms with Crippen LogP contribution in [-0.4, -0.2) is 12.6 Å². The Morgan fingerprint density at radius 2 is 1.45 bits per heavy atom. The number of rotatable bonds is 16. The molecule has 128 valence electrons. The van der Waals surface area contributed by atoms with Crippen molar-refractivity contribution in [2.75, 3.05) is 6.61 Å². The summed E-state index contributed by atoms with van der Waals surface area (Å²) >= 11 is 0. The van der Waals surface area contributed by atoms with Gasteiger partial charge in [-0.3, -0.25) is 0 Å². The first-order valence-electron chi connectivity index (χ1n) is 9.25. The van der Waals surface area contributed by atoms with Gasteiger partial charge in [-0.15, -0.1) is 6.58 Å². The molecule has 0 saturated carbocycles. The van der Waals surface area contributed by atoms with E-state index in [1.165, 1.54) is 57.8 Å². The second-order valence-electron chi connectivity index (χ2n) is 5.97. The molecule has 2 nitrogen and oxygen atoms in total. The molecule has 22 heavy (non-hydrogen) atoms. The van der Waals surface area contributed by atoms with E-state index in [9.17, 15) is 4.79 Å². The van der Waals surface area contributed by atoms with E-state index in [0.717, 1.165) is 25.7 Å². The quantitative estimate of drug-likeness (QED) is 0.143. The Hall–Kier alpha value is -1.05. The summed E-state index contributed by atoms with van der Waals surface area (Å²) in [7, 11) is 0. The van der Waals surface area contributed by atoms with Crippen molar-refractivity contribution in [3.8, 4) is 0 Å². The summed E-state index contributed by atoms with van der Waals surface area (Å²) in [5.74, 6) is -0.181. The summed E-state index contributed by atoms with van der Waals surface area (Å²) < 4.78 is 5.19. The van der Waals surface area contributed by atoms with Gasteiger partial charge in [0.05, 0.1) is 6.61 Å². The Balaban J connectivity index is 3.26. The Morgan fingerprint density at radius 3 is 2.14 bits per heavy atom. The van der Waals surface area contributed by atoms with Crippen LogP contribution in [0.1, 0.15) is 90.4 Å². The summed E-state index contributed by atoms with van der Waals surface area (Å²) in [6, 6.07) is 0. The van der Waals surface area contributed by atoms with Gasteiger partial charge in [0, 0.05) is 6.08 Å². The topological polar surface area (TPSA) is 26.3 Å². The largest absolute Gasteiger partial charge is 0.463 e. The van der Waals surface area contributed by atoms with Gasteiger partial charge in [0.15, 0.2) is 0 Å². The number of ether oxygens (including phenoxy) is 1. The molecule has 0 aromatic heterocycles. The highest BCUT2D eigenvalue weighted by Gasteiger charge is 1.97. The molecule has 0 spiro atoms. The normalized spacial score (nSPS) is 11.0. The minimum atomic E-state index is -0.181. The maximum Gasteiger partial charge on any atom is 0.330 e. The van der Waals surface area contributed by atoms with Gasteiger partial charge in [-0.2, -0.15) is 0 Å². The summed E-state index contributed by atoms with van der Waals surface area (Å²) in [6.07, 6.45) is 21.2. The molecular weight excluding hydrogens is 272 g/mol. The Labute approximate surface area is 138 Å². The number of carbonyl (C=O) groups is 1. The molecule has 0 saturated heterocycles. The molecule has 0 fully saturated rings. The van der Waals surface area contributed by atoms with E-state index in [4.69, 9.17) is 4.74 Å². The van der Waals surface area contributed by atoms with Crippen LogP contribution in [0.5, 0.6) is 0 Å². The first-order valence-corrected chi connectivity index (χ1v) is 9.25. The fourth-order valence-corrected chi connectivity index (χ4v) is 2.36. The van der Waals surface area contributed by atoms with Crippen LogP contribution in [0.3, 0.4) is 0 Å². The van der Waals surface area contributed by atoms with Gasteiger partial charge in [0.25, 0.3) is 0 Å². The van der Waals surface area contributed by atoms with Crippen LogP contribution in [-0.2, 0) is 9.53 Å². The molecule has 0 bridgehead atoms. The smallest absolute Gasteiger partial charge is 0.330 e. The van der Waals surface area contributed by atoms with E-state index in [1.807, 2.05) is 12.2 Å². The Kier molecular flexibility index (Phi) is 17.1. The highest BCUT2D eigenvalue weighted by atomic mass is 16.5. The molecule has 0 rings (SSSR count). The zero-order valence-corrected chi connectivity index (χ0v) is 14.7. The van der Waals surface area contributed by atoms with Crippen LogP contribution >= 0.6 is 0 Å². The molecule has 0 aliphatic heterocycles. The highest BCUT2D eigenvalue weighted by molar-refractivity contribution is 5.81. The van der Waals surface area contributed by atoms with Crippen LogP contribution in [0.25, 0.3) is 0 Å². The molecule has 0 aliphatic carbocycles. The van der Waals surface area contributed by atoms with Crippen molar-refractivity contribution < 1.29 is 9.53 Å². The summed E-state index contributed by atoms with van der Waals surface area (Å²) in [6.45, 7) is 6.51. The van der Waals surface area contributed by atoms with E-state index >= 15 is 0 Å². The number of hydrogen-bond acceptors (Lipinski definition) is 2. The number of esters is 1. The molecule has 0 N–H and O–H groups in total. The molecule has 0 aliphatic rings. The lowest BCUT2D eigenvalue weighted by Gasteiger charge is -2.02. The maximum atomic E-state index is 11.5. The van der Waals surface area contributed by atoms with Gasteiger partial charge in [-0.05, 0) is 32.1 Å². The van der Waals surface area contributed by atoms with Gasteiger partial charge in [-0.1, -0.05) is 70.4 Å². The summed E-state index contributed by atoms with van der Waals surface area (Å²) in [5.41, 5.74) is 0. The highest BCUT2D eigenvalue weighted by Crippen LogP contribution is 2.08. The van der Waals surface area contributed by atoms with E-state index in [0.29, 0.717) is 6.61 Å². The van der Waals surface area contributed by atoms with E-state index in [1.54, 1.807) is 6.08 Å². The first kappa shape index (κ1) is 20.9. The third-order valence-electron chi connectivity index (χ3n) is 3.78. The third-order valence-corrected chi connectivity index (χ3v) is 3.78. The standard InChI is InChI=1S/C20H36O2/c1-3-5-7-9-11-13-15-17-19-22-20(21)18-16-14-12-10-8-6-4-2/h3,16,18H,1,4-15,17,19H2,2H3/b18-16+. The van der Waals surface area contributed by atoms with Crippen molar-refractivity contribution in [2.24, 2.45) is 0 Å². The Bertz CT molecular complexity index is 281. The van der Waals surface area contributed by atoms with Crippen LogP contribution in [0.15, 0.2) is 24.8 Å². The van der Waals surface area contributed by atoms with E-state index in [2.05, 4.69) is 13.5 Å². The minimum Gasteiger partial charge on any atom is -0.463 e. The van der Waals surface area contributed by atoms with Crippen molar-refractivity contribution in [1.82, 2.24) is 0 Å². The van der Waals surface area contributed by atoms with Crippen molar-refractivity contribution in [1.29, 1.82) is 0 Å². The zero-order valence-electron chi connectivity index (χ0n) is 14.7. The lowest BCUT2D eigenvalue weighted by atomic mass is 10.1. The van der Waals surface area contributed by atoms with Crippen molar-refractivity contribution in [3.63, 3.8) is 0 Å². The first-order chi connectivity index (χ1) is 10.8. The van der Waals surface area contributed by atoms with Crippen LogP contribution in [0.4, 0.5) is 0 Å². The second-order valence-corrected chi connectivity index (χ2v) is 5.97. The monoisotopic (exact) mass is 308 g/mol. The van der Waals surface area contributed by atoms with Crippen molar-refractivity contribution in [2.45, 2.75) is 90.4 Å². The van der Waals surface area contributed by atoms with Crippen LogP contribution < -0.4 is 0 Å². The molecule has 0 aromatic carbocycles. The summed E-state index contributed by atoms with van der Waals surface area (Å²) in [4.78, 5) is 11.5. The molecule has 0 aromatic rings. The van der Waals surface area contributed by atoms with Gasteiger partial charge < -0.3 is 4.74 Å². The lowest BCUT2D eigenvalue weighted by molar-refractivity contribution is -0.137. The number of hydrogen-bond donors (Lipinski definition) is 0. The molecule has 0 atom stereocenters. The molecular formula is C20H36O2. The molecule has 0 unspecified atom stereocenters. The zero-order chi connectivity index (χ0) is 16.3. The average molecular weight is 309 g/mol. The second kappa shape index (κ2) is 18.0. The van der Waals surface area contributed by atoms with Gasteiger partial charge in [0.1, 0.15) is 0 Å². The number of allylic oxidation sites excluding steroid dienone is 2. The van der Waals surface area contributed by atoms with Crippen LogP contribution in [0, 0.1) is 0 Å². The fraction of sp³-hybridized carbons (Fsp3) is 0.750. The maximum absolute atomic E-state index is 11.5. The van der Waals surface area contributed by atoms with Gasteiger partial charge >= 0.3 is 5.97 Å². The Morgan fingerprint density at radius 1 is 0.864 bits per heavy atom. The number of carbonyl (C=O) groups excluding carboxylic acids is 1. The molecule has 2 heteroatoms. The lowest BCUT2D eigenvalue weighted by Crippen LogP contribution is -2.02. The molecule has 0 heterocycles. The van der Waals surface area contributed by atoms with Crippen molar-refractivity contribution in [3.05, 3.63) is 24.8 Å².